The summed E-state index contributed by atoms with van der Waals surface area (Å²) in [6.45, 7) is 7.14. The van der Waals surface area contributed by atoms with Gasteiger partial charge >= 0.3 is 6.18 Å². The van der Waals surface area contributed by atoms with Crippen molar-refractivity contribution in [2.45, 2.75) is 39.2 Å². The summed E-state index contributed by atoms with van der Waals surface area (Å²) < 4.78 is 44.3. The summed E-state index contributed by atoms with van der Waals surface area (Å²) in [5, 5.41) is 2.80. The molecule has 1 fully saturated rings. The fourth-order valence-electron chi connectivity index (χ4n) is 4.12. The van der Waals surface area contributed by atoms with Gasteiger partial charge in [-0.25, -0.2) is 9.97 Å². The third kappa shape index (κ3) is 5.20. The first kappa shape index (κ1) is 23.7. The SMILES string of the molecule is Cc1c(C(=O)Nc2cnc(N3CC(C)OC(C)C3)nc2)cccc1-c1ccc(C(F)(F)F)cc1. The van der Waals surface area contributed by atoms with Crippen LogP contribution in [0.1, 0.15) is 35.3 Å². The highest BCUT2D eigenvalue weighted by atomic mass is 19.4. The molecule has 1 aliphatic rings. The minimum atomic E-state index is -4.40. The zero-order chi connectivity index (χ0) is 24.5. The van der Waals surface area contributed by atoms with Crippen LogP contribution in [0.3, 0.4) is 0 Å². The van der Waals surface area contributed by atoms with E-state index in [9.17, 15) is 18.0 Å². The Bertz CT molecular complexity index is 1150. The van der Waals surface area contributed by atoms with Gasteiger partial charge in [0.25, 0.3) is 5.91 Å². The van der Waals surface area contributed by atoms with E-state index in [1.165, 1.54) is 12.1 Å². The molecule has 0 radical (unpaired) electrons. The summed E-state index contributed by atoms with van der Waals surface area (Å²) >= 11 is 0. The molecule has 0 bridgehead atoms. The number of amides is 1. The Morgan fingerprint density at radius 1 is 1.03 bits per heavy atom. The quantitative estimate of drug-likeness (QED) is 0.558. The molecule has 1 aromatic heterocycles. The Kier molecular flexibility index (Phi) is 6.56. The van der Waals surface area contributed by atoms with Gasteiger partial charge in [0, 0.05) is 18.7 Å². The number of benzene rings is 2. The molecule has 178 valence electrons. The highest BCUT2D eigenvalue weighted by Gasteiger charge is 2.30. The van der Waals surface area contributed by atoms with Crippen LogP contribution in [0.2, 0.25) is 0 Å². The Morgan fingerprint density at radius 2 is 1.65 bits per heavy atom. The van der Waals surface area contributed by atoms with Gasteiger partial charge < -0.3 is 15.0 Å². The molecule has 2 unspecified atom stereocenters. The molecule has 0 aliphatic carbocycles. The summed E-state index contributed by atoms with van der Waals surface area (Å²) in [4.78, 5) is 23.8. The number of anilines is 2. The number of morpholine rings is 1. The first-order valence-corrected chi connectivity index (χ1v) is 10.9. The number of hydrogen-bond donors (Lipinski definition) is 1. The molecule has 1 saturated heterocycles. The van der Waals surface area contributed by atoms with Crippen LogP contribution < -0.4 is 10.2 Å². The minimum absolute atomic E-state index is 0.0756. The standard InChI is InChI=1S/C25H25F3N4O2/c1-15-13-32(14-16(2)34-15)24-29-11-20(12-30-24)31-23(33)22-6-4-5-21(17(22)3)18-7-9-19(10-8-18)25(26,27)28/h4-12,15-16H,13-14H2,1-3H3,(H,31,33). The van der Waals surface area contributed by atoms with Crippen molar-refractivity contribution in [3.8, 4) is 11.1 Å². The van der Waals surface area contributed by atoms with Gasteiger partial charge in [0.1, 0.15) is 0 Å². The molecule has 1 N–H and O–H groups in total. The van der Waals surface area contributed by atoms with Gasteiger partial charge in [-0.3, -0.25) is 4.79 Å². The van der Waals surface area contributed by atoms with E-state index >= 15 is 0 Å². The number of hydrogen-bond acceptors (Lipinski definition) is 5. The Labute approximate surface area is 195 Å². The van der Waals surface area contributed by atoms with E-state index in [1.54, 1.807) is 37.5 Å². The van der Waals surface area contributed by atoms with Gasteiger partial charge in [-0.05, 0) is 55.7 Å². The number of rotatable bonds is 4. The van der Waals surface area contributed by atoms with Gasteiger partial charge in [-0.1, -0.05) is 24.3 Å². The number of aromatic nitrogens is 2. The Morgan fingerprint density at radius 3 is 2.24 bits per heavy atom. The van der Waals surface area contributed by atoms with Crippen molar-refractivity contribution < 1.29 is 22.7 Å². The van der Waals surface area contributed by atoms with Crippen molar-refractivity contribution in [1.29, 1.82) is 0 Å². The van der Waals surface area contributed by atoms with Crippen LogP contribution >= 0.6 is 0 Å². The van der Waals surface area contributed by atoms with Crippen molar-refractivity contribution in [3.63, 3.8) is 0 Å². The lowest BCUT2D eigenvalue weighted by Crippen LogP contribution is -2.46. The molecule has 6 nitrogen and oxygen atoms in total. The van der Waals surface area contributed by atoms with Gasteiger partial charge in [0.2, 0.25) is 5.95 Å². The van der Waals surface area contributed by atoms with Crippen LogP contribution in [0.5, 0.6) is 0 Å². The maximum Gasteiger partial charge on any atom is 0.416 e. The van der Waals surface area contributed by atoms with E-state index in [4.69, 9.17) is 4.74 Å². The highest BCUT2D eigenvalue weighted by Crippen LogP contribution is 2.32. The second kappa shape index (κ2) is 9.42. The summed E-state index contributed by atoms with van der Waals surface area (Å²) in [7, 11) is 0. The summed E-state index contributed by atoms with van der Waals surface area (Å²) in [6.07, 6.45) is -1.14. The van der Waals surface area contributed by atoms with Crippen molar-refractivity contribution >= 4 is 17.5 Å². The molecule has 2 atom stereocenters. The molecular weight excluding hydrogens is 445 g/mol. The summed E-state index contributed by atoms with van der Waals surface area (Å²) in [5.41, 5.74) is 2.09. The van der Waals surface area contributed by atoms with E-state index < -0.39 is 11.7 Å². The third-order valence-corrected chi connectivity index (χ3v) is 5.70. The zero-order valence-corrected chi connectivity index (χ0v) is 19.1. The molecule has 1 amide bonds. The van der Waals surface area contributed by atoms with Crippen LogP contribution in [0.4, 0.5) is 24.8 Å². The van der Waals surface area contributed by atoms with Crippen molar-refractivity contribution in [2.24, 2.45) is 0 Å². The lowest BCUT2D eigenvalue weighted by atomic mass is 9.95. The molecular formula is C25H25F3N4O2. The molecule has 2 aromatic carbocycles. The Hall–Kier alpha value is -3.46. The second-order valence-corrected chi connectivity index (χ2v) is 8.44. The summed E-state index contributed by atoms with van der Waals surface area (Å²) in [5.74, 6) is 0.219. The summed E-state index contributed by atoms with van der Waals surface area (Å²) in [6, 6.07) is 10.0. The fourth-order valence-corrected chi connectivity index (χ4v) is 4.12. The average Bonchev–Trinajstić information content (AvgIpc) is 2.78. The van der Waals surface area contributed by atoms with Gasteiger partial charge in [-0.2, -0.15) is 13.2 Å². The number of ether oxygens (including phenoxy) is 1. The molecule has 34 heavy (non-hydrogen) atoms. The van der Waals surface area contributed by atoms with Crippen molar-refractivity contribution in [1.82, 2.24) is 9.97 Å². The van der Waals surface area contributed by atoms with Crippen LogP contribution in [-0.4, -0.2) is 41.2 Å². The molecule has 2 heterocycles. The van der Waals surface area contributed by atoms with E-state index in [2.05, 4.69) is 15.3 Å². The topological polar surface area (TPSA) is 67.4 Å². The monoisotopic (exact) mass is 470 g/mol. The molecule has 9 heteroatoms. The lowest BCUT2D eigenvalue weighted by molar-refractivity contribution is -0.137. The Balaban J connectivity index is 1.49. The predicted molar refractivity (Wildman–Crippen MR) is 124 cm³/mol. The van der Waals surface area contributed by atoms with Gasteiger partial charge in [-0.15, -0.1) is 0 Å². The van der Waals surface area contributed by atoms with Crippen molar-refractivity contribution in [3.05, 3.63) is 71.5 Å². The first-order valence-electron chi connectivity index (χ1n) is 10.9. The smallest absolute Gasteiger partial charge is 0.372 e. The lowest BCUT2D eigenvalue weighted by Gasteiger charge is -2.35. The average molecular weight is 470 g/mol. The normalized spacial score (nSPS) is 18.6. The second-order valence-electron chi connectivity index (χ2n) is 8.44. The molecule has 0 saturated carbocycles. The fraction of sp³-hybridized carbons (Fsp3) is 0.320. The number of halogens is 3. The minimum Gasteiger partial charge on any atom is -0.372 e. The first-order chi connectivity index (χ1) is 16.1. The van der Waals surface area contributed by atoms with E-state index in [0.717, 1.165) is 12.1 Å². The van der Waals surface area contributed by atoms with Crippen LogP contribution in [0.25, 0.3) is 11.1 Å². The largest absolute Gasteiger partial charge is 0.416 e. The number of carbonyl (C=O) groups excluding carboxylic acids is 1. The van der Waals surface area contributed by atoms with Gasteiger partial charge in [0.15, 0.2) is 0 Å². The molecule has 1 aliphatic heterocycles. The van der Waals surface area contributed by atoms with E-state index in [0.29, 0.717) is 47.0 Å². The third-order valence-electron chi connectivity index (χ3n) is 5.70. The van der Waals surface area contributed by atoms with E-state index in [-0.39, 0.29) is 18.1 Å². The van der Waals surface area contributed by atoms with Gasteiger partial charge in [0.05, 0.1) is 35.9 Å². The predicted octanol–water partition coefficient (Wildman–Crippen LogP) is 5.34. The number of nitrogens with one attached hydrogen (secondary N) is 1. The maximum atomic E-state index is 12.9. The van der Waals surface area contributed by atoms with Crippen LogP contribution in [0.15, 0.2) is 54.9 Å². The van der Waals surface area contributed by atoms with Crippen LogP contribution in [-0.2, 0) is 10.9 Å². The molecule has 3 aromatic rings. The number of nitrogens with zero attached hydrogens (tertiary/aromatic N) is 3. The zero-order valence-electron chi connectivity index (χ0n) is 19.1. The van der Waals surface area contributed by atoms with Crippen molar-refractivity contribution in [2.75, 3.05) is 23.3 Å². The highest BCUT2D eigenvalue weighted by molar-refractivity contribution is 6.06. The van der Waals surface area contributed by atoms with E-state index in [1.807, 2.05) is 18.7 Å². The maximum absolute atomic E-state index is 12.9. The number of alkyl halides is 3. The molecule has 4 rings (SSSR count). The number of carbonyl (C=O) groups is 1. The van der Waals surface area contributed by atoms with Crippen LogP contribution in [0, 0.1) is 6.92 Å². The molecule has 0 spiro atoms.